The van der Waals surface area contributed by atoms with E-state index in [1.54, 1.807) is 30.5 Å². The summed E-state index contributed by atoms with van der Waals surface area (Å²) in [4.78, 5) is 14.9. The zero-order chi connectivity index (χ0) is 17.8. The lowest BCUT2D eigenvalue weighted by Gasteiger charge is -2.26. The Labute approximate surface area is 151 Å². The fraction of sp³-hybridized carbons (Fsp3) is 0.316. The van der Waals surface area contributed by atoms with Crippen LogP contribution in [0.1, 0.15) is 35.0 Å². The van der Waals surface area contributed by atoms with Crippen molar-refractivity contribution in [3.63, 3.8) is 0 Å². The van der Waals surface area contributed by atoms with Gasteiger partial charge < -0.3 is 14.2 Å². The maximum absolute atomic E-state index is 12.5. The maximum atomic E-state index is 12.5. The molecule has 1 saturated heterocycles. The van der Waals surface area contributed by atoms with E-state index >= 15 is 0 Å². The van der Waals surface area contributed by atoms with E-state index in [-0.39, 0.29) is 11.9 Å². The van der Waals surface area contributed by atoms with Gasteiger partial charge in [0.2, 0.25) is 12.3 Å². The lowest BCUT2D eigenvalue weighted by molar-refractivity contribution is 0.0934. The van der Waals surface area contributed by atoms with Crippen LogP contribution in [0.15, 0.2) is 57.9 Å². The van der Waals surface area contributed by atoms with Crippen molar-refractivity contribution in [3.8, 4) is 11.5 Å². The van der Waals surface area contributed by atoms with Crippen molar-refractivity contribution >= 4 is 5.91 Å². The van der Waals surface area contributed by atoms with Gasteiger partial charge in [-0.3, -0.25) is 9.69 Å². The highest BCUT2D eigenvalue weighted by Gasteiger charge is 2.26. The molecular formula is C19H20N4O3. The molecule has 26 heavy (non-hydrogen) atoms. The molecule has 0 aliphatic carbocycles. The summed E-state index contributed by atoms with van der Waals surface area (Å²) in [5, 5.41) is 10.5. The molecule has 3 heterocycles. The van der Waals surface area contributed by atoms with E-state index in [1.807, 2.05) is 12.1 Å². The Morgan fingerprint density at radius 2 is 1.96 bits per heavy atom. The van der Waals surface area contributed by atoms with Crippen molar-refractivity contribution in [2.45, 2.75) is 18.9 Å². The van der Waals surface area contributed by atoms with E-state index in [0.717, 1.165) is 24.4 Å². The third kappa shape index (κ3) is 3.52. The van der Waals surface area contributed by atoms with E-state index in [9.17, 15) is 4.79 Å². The minimum atomic E-state index is -0.113. The Morgan fingerprint density at radius 1 is 1.15 bits per heavy atom. The number of furan rings is 1. The van der Waals surface area contributed by atoms with Crippen LogP contribution in [0.3, 0.4) is 0 Å². The molecule has 0 unspecified atom stereocenters. The fourth-order valence-electron chi connectivity index (χ4n) is 3.30. The van der Waals surface area contributed by atoms with E-state index in [4.69, 9.17) is 8.83 Å². The lowest BCUT2D eigenvalue weighted by Crippen LogP contribution is -2.36. The Kier molecular flexibility index (Phi) is 4.79. The number of benzene rings is 1. The van der Waals surface area contributed by atoms with Crippen LogP contribution in [0, 0.1) is 0 Å². The molecule has 0 radical (unpaired) electrons. The van der Waals surface area contributed by atoms with Gasteiger partial charge in [-0.2, -0.15) is 0 Å². The van der Waals surface area contributed by atoms with Crippen LogP contribution >= 0.6 is 0 Å². The quantitative estimate of drug-likeness (QED) is 0.734. The molecular weight excluding hydrogens is 332 g/mol. The van der Waals surface area contributed by atoms with Crippen LogP contribution in [0.4, 0.5) is 0 Å². The molecule has 1 amide bonds. The Hall–Kier alpha value is -2.93. The number of hydrogen-bond donors (Lipinski definition) is 1. The second-order valence-corrected chi connectivity index (χ2v) is 6.31. The van der Waals surface area contributed by atoms with Gasteiger partial charge in [0, 0.05) is 17.7 Å². The maximum Gasteiger partial charge on any atom is 0.251 e. The van der Waals surface area contributed by atoms with Crippen molar-refractivity contribution < 1.29 is 13.6 Å². The van der Waals surface area contributed by atoms with E-state index < -0.39 is 0 Å². The summed E-state index contributed by atoms with van der Waals surface area (Å²) in [7, 11) is 0. The average Bonchev–Trinajstić information content (AvgIpc) is 3.45. The van der Waals surface area contributed by atoms with Crippen molar-refractivity contribution in [1.29, 1.82) is 0 Å². The van der Waals surface area contributed by atoms with Gasteiger partial charge in [-0.15, -0.1) is 10.2 Å². The number of carbonyl (C=O) groups excluding carboxylic acids is 1. The van der Waals surface area contributed by atoms with Crippen molar-refractivity contribution in [3.05, 3.63) is 60.4 Å². The van der Waals surface area contributed by atoms with Crippen molar-refractivity contribution in [2.24, 2.45) is 0 Å². The minimum absolute atomic E-state index is 0.0640. The summed E-state index contributed by atoms with van der Waals surface area (Å²) in [5.41, 5.74) is 1.37. The van der Waals surface area contributed by atoms with Gasteiger partial charge in [-0.25, -0.2) is 0 Å². The summed E-state index contributed by atoms with van der Waals surface area (Å²) in [5.74, 6) is 1.21. The molecule has 0 spiro atoms. The van der Waals surface area contributed by atoms with Crippen molar-refractivity contribution in [2.75, 3.05) is 19.6 Å². The molecule has 1 atom stereocenters. The first kappa shape index (κ1) is 16.5. The summed E-state index contributed by atoms with van der Waals surface area (Å²) in [6.07, 6.45) is 5.32. The fourth-order valence-corrected chi connectivity index (χ4v) is 3.30. The lowest BCUT2D eigenvalue weighted by atomic mass is 10.1. The number of amides is 1. The van der Waals surface area contributed by atoms with E-state index in [1.165, 1.54) is 19.2 Å². The second-order valence-electron chi connectivity index (χ2n) is 6.31. The number of nitrogens with zero attached hydrogens (tertiary/aromatic N) is 3. The Morgan fingerprint density at radius 3 is 2.62 bits per heavy atom. The predicted molar refractivity (Wildman–Crippen MR) is 94.3 cm³/mol. The van der Waals surface area contributed by atoms with Gasteiger partial charge >= 0.3 is 0 Å². The van der Waals surface area contributed by atoms with Crippen LogP contribution in [0.5, 0.6) is 0 Å². The summed E-state index contributed by atoms with van der Waals surface area (Å²) in [6.45, 7) is 2.57. The molecule has 1 aliphatic heterocycles. The first-order valence-electron chi connectivity index (χ1n) is 8.73. The zero-order valence-corrected chi connectivity index (χ0v) is 14.3. The Balaban J connectivity index is 1.42. The van der Waals surface area contributed by atoms with Gasteiger partial charge in [0.05, 0.1) is 12.3 Å². The van der Waals surface area contributed by atoms with Crippen LogP contribution < -0.4 is 5.32 Å². The van der Waals surface area contributed by atoms with Gasteiger partial charge in [0.1, 0.15) is 5.76 Å². The molecule has 7 nitrogen and oxygen atoms in total. The summed E-state index contributed by atoms with van der Waals surface area (Å²) < 4.78 is 10.7. The highest BCUT2D eigenvalue weighted by Crippen LogP contribution is 2.25. The van der Waals surface area contributed by atoms with Crippen LogP contribution in [0.2, 0.25) is 0 Å². The van der Waals surface area contributed by atoms with Crippen LogP contribution in [-0.2, 0) is 0 Å². The highest BCUT2D eigenvalue weighted by molar-refractivity contribution is 5.94. The molecule has 7 heteroatoms. The summed E-state index contributed by atoms with van der Waals surface area (Å²) >= 11 is 0. The molecule has 0 bridgehead atoms. The zero-order valence-electron chi connectivity index (χ0n) is 14.3. The predicted octanol–water partition coefficient (Wildman–Crippen LogP) is 2.90. The van der Waals surface area contributed by atoms with Crippen LogP contribution in [0.25, 0.3) is 11.5 Å². The second kappa shape index (κ2) is 7.53. The van der Waals surface area contributed by atoms with Gasteiger partial charge in [0.15, 0.2) is 0 Å². The standard InChI is InChI=1S/C19H20N4O3/c24-18(14-5-7-15(8-6-14)19-22-21-13-26-19)20-12-16(17-4-3-11-25-17)23-9-1-2-10-23/h3-8,11,13,16H,1-2,9-10,12H2,(H,20,24)/t16-/m0/s1. The molecule has 2 aromatic heterocycles. The molecule has 1 fully saturated rings. The number of aromatic nitrogens is 2. The monoisotopic (exact) mass is 352 g/mol. The highest BCUT2D eigenvalue weighted by atomic mass is 16.4. The first-order chi connectivity index (χ1) is 12.8. The molecule has 0 saturated carbocycles. The van der Waals surface area contributed by atoms with Gasteiger partial charge in [-0.1, -0.05) is 0 Å². The number of likely N-dealkylation sites (tertiary alicyclic amines) is 1. The number of carbonyl (C=O) groups is 1. The largest absolute Gasteiger partial charge is 0.468 e. The normalized spacial score (nSPS) is 15.8. The van der Waals surface area contributed by atoms with E-state index in [0.29, 0.717) is 18.0 Å². The smallest absolute Gasteiger partial charge is 0.251 e. The molecule has 134 valence electrons. The topological polar surface area (TPSA) is 84.4 Å². The average molecular weight is 352 g/mol. The Bertz CT molecular complexity index is 822. The van der Waals surface area contributed by atoms with Crippen molar-refractivity contribution in [1.82, 2.24) is 20.4 Å². The molecule has 1 aliphatic rings. The number of hydrogen-bond acceptors (Lipinski definition) is 6. The van der Waals surface area contributed by atoms with Gasteiger partial charge in [-0.05, 0) is 62.3 Å². The summed E-state index contributed by atoms with van der Waals surface area (Å²) in [6, 6.07) is 11.0. The first-order valence-corrected chi connectivity index (χ1v) is 8.73. The third-order valence-corrected chi connectivity index (χ3v) is 4.66. The molecule has 1 aromatic carbocycles. The SMILES string of the molecule is O=C(NC[C@@H](c1ccco1)N1CCCC1)c1ccc(-c2nnco2)cc1. The van der Waals surface area contributed by atoms with E-state index in [2.05, 4.69) is 20.4 Å². The molecule has 4 rings (SSSR count). The molecule has 1 N–H and O–H groups in total. The number of rotatable bonds is 6. The third-order valence-electron chi connectivity index (χ3n) is 4.66. The number of nitrogens with one attached hydrogen (secondary N) is 1. The van der Waals surface area contributed by atoms with Crippen LogP contribution in [-0.4, -0.2) is 40.6 Å². The minimum Gasteiger partial charge on any atom is -0.468 e. The van der Waals surface area contributed by atoms with Gasteiger partial charge in [0.25, 0.3) is 5.91 Å². The molecule has 3 aromatic rings.